The van der Waals surface area contributed by atoms with Crippen molar-refractivity contribution < 1.29 is 4.79 Å². The number of aromatic amines is 1. The molecule has 7 heteroatoms. The predicted octanol–water partition coefficient (Wildman–Crippen LogP) is 3.08. The number of hydrogen-bond acceptors (Lipinski definition) is 5. The Morgan fingerprint density at radius 2 is 1.88 bits per heavy atom. The van der Waals surface area contributed by atoms with Gasteiger partial charge in [-0.15, -0.1) is 0 Å². The van der Waals surface area contributed by atoms with Gasteiger partial charge in [0.2, 0.25) is 5.95 Å². The Balaban J connectivity index is 1.69. The van der Waals surface area contributed by atoms with Crippen LogP contribution in [0.5, 0.6) is 0 Å². The van der Waals surface area contributed by atoms with Crippen molar-refractivity contribution in [3.05, 3.63) is 34.9 Å². The van der Waals surface area contributed by atoms with Gasteiger partial charge in [-0.05, 0) is 39.7 Å². The van der Waals surface area contributed by atoms with Crippen LogP contribution in [-0.2, 0) is 0 Å². The third-order valence-electron chi connectivity index (χ3n) is 4.90. The normalized spacial score (nSPS) is 16.7. The largest absolute Gasteiger partial charge is 0.344 e. The average Bonchev–Trinajstić information content (AvgIpc) is 3.01. The molecule has 1 aliphatic rings. The van der Waals surface area contributed by atoms with Gasteiger partial charge >= 0.3 is 0 Å². The maximum Gasteiger partial charge on any atom is 0.272 e. The molecule has 0 spiro atoms. The summed E-state index contributed by atoms with van der Waals surface area (Å²) in [6.45, 7) is 7.83. The van der Waals surface area contributed by atoms with Crippen LogP contribution in [0.1, 0.15) is 72.5 Å². The van der Waals surface area contributed by atoms with Crippen LogP contribution >= 0.6 is 0 Å². The Morgan fingerprint density at radius 1 is 1.19 bits per heavy atom. The average molecular weight is 356 g/mol. The number of aryl methyl sites for hydroxylation is 2. The summed E-state index contributed by atoms with van der Waals surface area (Å²) in [6.07, 6.45) is 8.13. The second-order valence-corrected chi connectivity index (χ2v) is 7.10. The van der Waals surface area contributed by atoms with Crippen LogP contribution in [0.25, 0.3) is 0 Å². The molecule has 2 aromatic heterocycles. The van der Waals surface area contributed by atoms with E-state index in [0.29, 0.717) is 5.69 Å². The van der Waals surface area contributed by atoms with Crippen molar-refractivity contribution in [2.45, 2.75) is 58.9 Å². The number of nitrogens with zero attached hydrogens (tertiary/aromatic N) is 4. The molecule has 7 nitrogen and oxygen atoms in total. The minimum absolute atomic E-state index is 0.180. The lowest BCUT2D eigenvalue weighted by molar-refractivity contribution is 0.0934. The maximum absolute atomic E-state index is 12.3. The van der Waals surface area contributed by atoms with E-state index in [2.05, 4.69) is 25.4 Å². The molecule has 140 valence electrons. The van der Waals surface area contributed by atoms with Crippen molar-refractivity contribution in [2.75, 3.05) is 18.0 Å². The highest BCUT2D eigenvalue weighted by Gasteiger charge is 2.18. The molecule has 0 aromatic carbocycles. The summed E-state index contributed by atoms with van der Waals surface area (Å²) < 4.78 is 0. The molecule has 0 radical (unpaired) electrons. The number of H-pyrrole nitrogens is 1. The van der Waals surface area contributed by atoms with Gasteiger partial charge in [-0.3, -0.25) is 9.89 Å². The van der Waals surface area contributed by atoms with Crippen LogP contribution in [0.4, 0.5) is 5.95 Å². The van der Waals surface area contributed by atoms with Crippen molar-refractivity contribution in [1.29, 1.82) is 0 Å². The first-order valence-electron chi connectivity index (χ1n) is 9.46. The summed E-state index contributed by atoms with van der Waals surface area (Å²) in [6, 6.07) is 1.55. The Labute approximate surface area is 154 Å². The van der Waals surface area contributed by atoms with Crippen molar-refractivity contribution in [3.8, 4) is 0 Å². The van der Waals surface area contributed by atoms with Gasteiger partial charge in [-0.1, -0.05) is 19.3 Å². The van der Waals surface area contributed by atoms with Gasteiger partial charge in [0.05, 0.1) is 6.04 Å². The summed E-state index contributed by atoms with van der Waals surface area (Å²) in [5.74, 6) is 0.601. The molecule has 2 N–H and O–H groups in total. The molecule has 1 fully saturated rings. The number of aromatic nitrogens is 4. The quantitative estimate of drug-likeness (QED) is 0.879. The number of amides is 1. The SMILES string of the molecule is Cc1cc(C(=O)N[C@H](C)c2cnc(N3CCCCCCC3)nc2C)n[nH]1. The van der Waals surface area contributed by atoms with Gasteiger partial charge in [-0.25, -0.2) is 9.97 Å². The van der Waals surface area contributed by atoms with Crippen LogP contribution < -0.4 is 10.2 Å². The maximum atomic E-state index is 12.3. The molecule has 0 unspecified atom stereocenters. The van der Waals surface area contributed by atoms with E-state index in [1.54, 1.807) is 6.07 Å². The molecule has 1 saturated heterocycles. The minimum atomic E-state index is -0.200. The zero-order chi connectivity index (χ0) is 18.5. The van der Waals surface area contributed by atoms with Crippen LogP contribution in [0.15, 0.2) is 12.3 Å². The highest BCUT2D eigenvalue weighted by Crippen LogP contribution is 2.20. The summed E-state index contributed by atoms with van der Waals surface area (Å²) >= 11 is 0. The summed E-state index contributed by atoms with van der Waals surface area (Å²) in [7, 11) is 0. The highest BCUT2D eigenvalue weighted by atomic mass is 16.2. The standard InChI is InChI=1S/C19H28N6O/c1-13-11-17(24-23-13)18(26)21-14(2)16-12-20-19(22-15(16)3)25-9-7-5-4-6-8-10-25/h11-12,14H,4-10H2,1-3H3,(H,21,26)(H,23,24)/t14-/m1/s1. The van der Waals surface area contributed by atoms with Crippen molar-refractivity contribution in [2.24, 2.45) is 0 Å². The van der Waals surface area contributed by atoms with Crippen molar-refractivity contribution in [1.82, 2.24) is 25.5 Å². The van der Waals surface area contributed by atoms with E-state index in [1.165, 1.54) is 32.1 Å². The fourth-order valence-electron chi connectivity index (χ4n) is 3.37. The van der Waals surface area contributed by atoms with E-state index in [-0.39, 0.29) is 11.9 Å². The van der Waals surface area contributed by atoms with Gasteiger partial charge in [0, 0.05) is 36.2 Å². The number of nitrogens with one attached hydrogen (secondary N) is 2. The smallest absolute Gasteiger partial charge is 0.272 e. The zero-order valence-electron chi connectivity index (χ0n) is 15.9. The van der Waals surface area contributed by atoms with Gasteiger partial charge in [0.25, 0.3) is 5.91 Å². The molecule has 1 aliphatic heterocycles. The van der Waals surface area contributed by atoms with Crippen LogP contribution in [0, 0.1) is 13.8 Å². The van der Waals surface area contributed by atoms with E-state index in [4.69, 9.17) is 4.98 Å². The van der Waals surface area contributed by atoms with E-state index >= 15 is 0 Å². The fraction of sp³-hybridized carbons (Fsp3) is 0.579. The minimum Gasteiger partial charge on any atom is -0.344 e. The van der Waals surface area contributed by atoms with E-state index in [9.17, 15) is 4.79 Å². The van der Waals surface area contributed by atoms with Gasteiger partial charge in [0.1, 0.15) is 5.69 Å². The lowest BCUT2D eigenvalue weighted by atomic mass is 10.1. The third kappa shape index (κ3) is 4.39. The summed E-state index contributed by atoms with van der Waals surface area (Å²) in [4.78, 5) is 23.9. The van der Waals surface area contributed by atoms with E-state index < -0.39 is 0 Å². The molecule has 2 aromatic rings. The zero-order valence-corrected chi connectivity index (χ0v) is 15.9. The van der Waals surface area contributed by atoms with Gasteiger partial charge in [0.15, 0.2) is 0 Å². The Bertz CT molecular complexity index is 748. The summed E-state index contributed by atoms with van der Waals surface area (Å²) in [5, 5.41) is 9.76. The number of hydrogen-bond donors (Lipinski definition) is 2. The summed E-state index contributed by atoms with van der Waals surface area (Å²) in [5.41, 5.74) is 3.09. The molecule has 0 aliphatic carbocycles. The van der Waals surface area contributed by atoms with E-state index in [0.717, 1.165) is 36.0 Å². The Hall–Kier alpha value is -2.44. The van der Waals surface area contributed by atoms with Gasteiger partial charge < -0.3 is 10.2 Å². The first-order valence-corrected chi connectivity index (χ1v) is 9.46. The van der Waals surface area contributed by atoms with Gasteiger partial charge in [-0.2, -0.15) is 5.10 Å². The number of rotatable bonds is 4. The number of anilines is 1. The molecular formula is C19H28N6O. The molecule has 1 atom stereocenters. The highest BCUT2D eigenvalue weighted by molar-refractivity contribution is 5.92. The molecule has 3 heterocycles. The van der Waals surface area contributed by atoms with Crippen molar-refractivity contribution >= 4 is 11.9 Å². The molecule has 0 bridgehead atoms. The lowest BCUT2D eigenvalue weighted by Crippen LogP contribution is -2.30. The van der Waals surface area contributed by atoms with Crippen LogP contribution in [-0.4, -0.2) is 39.2 Å². The fourth-order valence-corrected chi connectivity index (χ4v) is 3.37. The lowest BCUT2D eigenvalue weighted by Gasteiger charge is -2.25. The topological polar surface area (TPSA) is 86.8 Å². The molecule has 26 heavy (non-hydrogen) atoms. The second kappa shape index (κ2) is 8.29. The number of carbonyl (C=O) groups excluding carboxylic acids is 1. The Kier molecular flexibility index (Phi) is 5.85. The molecule has 3 rings (SSSR count). The third-order valence-corrected chi connectivity index (χ3v) is 4.90. The second-order valence-electron chi connectivity index (χ2n) is 7.10. The number of carbonyl (C=O) groups is 1. The monoisotopic (exact) mass is 356 g/mol. The van der Waals surface area contributed by atoms with Crippen LogP contribution in [0.3, 0.4) is 0 Å². The molecular weight excluding hydrogens is 328 g/mol. The van der Waals surface area contributed by atoms with E-state index in [1.807, 2.05) is 27.0 Å². The first-order chi connectivity index (χ1) is 12.5. The Morgan fingerprint density at radius 3 is 2.50 bits per heavy atom. The predicted molar refractivity (Wildman–Crippen MR) is 101 cm³/mol. The van der Waals surface area contributed by atoms with Crippen molar-refractivity contribution in [3.63, 3.8) is 0 Å². The van der Waals surface area contributed by atoms with Crippen LogP contribution in [0.2, 0.25) is 0 Å². The molecule has 0 saturated carbocycles. The molecule has 1 amide bonds. The first kappa shape index (κ1) is 18.4.